The molecule has 258 valence electrons. The summed E-state index contributed by atoms with van der Waals surface area (Å²) in [6, 6.07) is 30.7. The monoisotopic (exact) mass is 694 g/mol. The molecular formula is C37H30N10O5. The van der Waals surface area contributed by atoms with Gasteiger partial charge in [-0.25, -0.2) is 4.99 Å². The standard InChI is InChI=1S/C37H30N10O5/c1-22(48)38-27-17-11-16-26(21-27)32(50)41-35-43-36(42-33(51)28-18-9-10-19-29(28)39-23(2)49)45-37(44-35)46-47-31(25-14-7-4-8-15-25)40-30(34(47)52)20-24-12-5-3-6-13-24/h3-21H,1-2H3,(H,38,48)(H,39,49)(H3,41,42,43,44,45,46,50,51). The lowest BCUT2D eigenvalue weighted by Crippen LogP contribution is -2.38. The van der Waals surface area contributed by atoms with Crippen LogP contribution in [-0.2, 0) is 14.4 Å². The fourth-order valence-electron chi connectivity index (χ4n) is 5.01. The molecule has 4 aromatic carbocycles. The van der Waals surface area contributed by atoms with Crippen molar-refractivity contribution < 1.29 is 24.0 Å². The van der Waals surface area contributed by atoms with Gasteiger partial charge in [0.1, 0.15) is 5.70 Å². The Morgan fingerprint density at radius 2 is 1.25 bits per heavy atom. The number of rotatable bonds is 10. The molecule has 0 bridgehead atoms. The zero-order valence-electron chi connectivity index (χ0n) is 27.7. The molecule has 0 unspecified atom stereocenters. The first-order chi connectivity index (χ1) is 25.1. The van der Waals surface area contributed by atoms with Crippen molar-refractivity contribution in [1.82, 2.24) is 20.0 Å². The number of hydrazine groups is 1. The lowest BCUT2D eigenvalue weighted by molar-refractivity contribution is -0.121. The summed E-state index contributed by atoms with van der Waals surface area (Å²) in [6.07, 6.45) is 1.64. The molecule has 15 nitrogen and oxygen atoms in total. The topological polar surface area (TPSA) is 200 Å². The van der Waals surface area contributed by atoms with Crippen LogP contribution in [0, 0.1) is 0 Å². The van der Waals surface area contributed by atoms with Gasteiger partial charge in [-0.15, -0.1) is 0 Å². The fourth-order valence-corrected chi connectivity index (χ4v) is 5.01. The minimum absolute atomic E-state index is 0.108. The summed E-state index contributed by atoms with van der Waals surface area (Å²) in [4.78, 5) is 81.5. The van der Waals surface area contributed by atoms with Crippen molar-refractivity contribution >= 4 is 70.7 Å². The first-order valence-electron chi connectivity index (χ1n) is 15.8. The van der Waals surface area contributed by atoms with Crippen LogP contribution in [0.25, 0.3) is 6.08 Å². The molecule has 15 heteroatoms. The maximum Gasteiger partial charge on any atom is 0.297 e. The van der Waals surface area contributed by atoms with E-state index in [0.717, 1.165) is 10.6 Å². The molecule has 1 aromatic heterocycles. The molecule has 0 atom stereocenters. The SMILES string of the molecule is CC(=O)Nc1cccc(C(=O)Nc2nc(NC(=O)c3ccccc3NC(C)=O)nc(NN3C(=O)C(=Cc4ccccc4)N=C3c3ccccc3)n2)c1. The molecular weight excluding hydrogens is 664 g/mol. The first kappa shape index (κ1) is 34.3. The Kier molecular flexibility index (Phi) is 10.1. The highest BCUT2D eigenvalue weighted by atomic mass is 16.2. The molecule has 0 fully saturated rings. The highest BCUT2D eigenvalue weighted by Gasteiger charge is 2.32. The third-order valence-electron chi connectivity index (χ3n) is 7.22. The van der Waals surface area contributed by atoms with E-state index in [2.05, 4.69) is 46.6 Å². The molecule has 0 aliphatic carbocycles. The van der Waals surface area contributed by atoms with Crippen LogP contribution in [0.2, 0.25) is 0 Å². The van der Waals surface area contributed by atoms with Crippen LogP contribution in [0.15, 0.2) is 120 Å². The molecule has 0 saturated heterocycles. The molecule has 0 radical (unpaired) electrons. The third kappa shape index (κ3) is 8.35. The van der Waals surface area contributed by atoms with Crippen LogP contribution in [0.5, 0.6) is 0 Å². The second-order valence-electron chi connectivity index (χ2n) is 11.2. The van der Waals surface area contributed by atoms with E-state index in [4.69, 9.17) is 0 Å². The van der Waals surface area contributed by atoms with Crippen molar-refractivity contribution in [2.75, 3.05) is 26.7 Å². The Morgan fingerprint density at radius 3 is 1.94 bits per heavy atom. The van der Waals surface area contributed by atoms with E-state index in [1.165, 1.54) is 32.0 Å². The number of aromatic nitrogens is 3. The number of hydrogen-bond acceptors (Lipinski definition) is 10. The lowest BCUT2D eigenvalue weighted by Gasteiger charge is -2.20. The van der Waals surface area contributed by atoms with Crippen molar-refractivity contribution in [3.63, 3.8) is 0 Å². The van der Waals surface area contributed by atoms with Gasteiger partial charge >= 0.3 is 0 Å². The molecule has 1 aliphatic rings. The average molecular weight is 695 g/mol. The van der Waals surface area contributed by atoms with Crippen LogP contribution >= 0.6 is 0 Å². The third-order valence-corrected chi connectivity index (χ3v) is 7.22. The highest BCUT2D eigenvalue weighted by Crippen LogP contribution is 2.24. The van der Waals surface area contributed by atoms with Crippen LogP contribution < -0.4 is 26.7 Å². The van der Waals surface area contributed by atoms with Gasteiger partial charge < -0.3 is 10.6 Å². The van der Waals surface area contributed by atoms with Gasteiger partial charge in [-0.05, 0) is 42.0 Å². The minimum atomic E-state index is -0.682. The van der Waals surface area contributed by atoms with Gasteiger partial charge in [0.15, 0.2) is 5.84 Å². The van der Waals surface area contributed by atoms with Crippen LogP contribution in [0.4, 0.5) is 29.2 Å². The molecule has 0 saturated carbocycles. The Bertz CT molecular complexity index is 2260. The summed E-state index contributed by atoms with van der Waals surface area (Å²) in [6.45, 7) is 2.66. The average Bonchev–Trinajstić information content (AvgIpc) is 3.42. The number of benzene rings is 4. The second kappa shape index (κ2) is 15.3. The van der Waals surface area contributed by atoms with Gasteiger partial charge in [0, 0.05) is 30.7 Å². The van der Waals surface area contributed by atoms with E-state index in [0.29, 0.717) is 11.3 Å². The first-order valence-corrected chi connectivity index (χ1v) is 15.8. The van der Waals surface area contributed by atoms with E-state index in [9.17, 15) is 24.0 Å². The van der Waals surface area contributed by atoms with E-state index < -0.39 is 17.7 Å². The van der Waals surface area contributed by atoms with Crippen molar-refractivity contribution in [2.24, 2.45) is 4.99 Å². The molecule has 5 N–H and O–H groups in total. The molecule has 0 spiro atoms. The summed E-state index contributed by atoms with van der Waals surface area (Å²) >= 11 is 0. The van der Waals surface area contributed by atoms with Gasteiger partial charge in [-0.3, -0.25) is 40.0 Å². The summed E-state index contributed by atoms with van der Waals surface area (Å²) < 4.78 is 0. The number of hydrogen-bond donors (Lipinski definition) is 5. The van der Waals surface area contributed by atoms with Crippen LogP contribution in [0.3, 0.4) is 0 Å². The zero-order chi connectivity index (χ0) is 36.6. The lowest BCUT2D eigenvalue weighted by atomic mass is 10.1. The quantitative estimate of drug-likeness (QED) is 0.126. The van der Waals surface area contributed by atoms with Gasteiger partial charge in [-0.2, -0.15) is 20.0 Å². The Morgan fingerprint density at radius 1 is 0.635 bits per heavy atom. The van der Waals surface area contributed by atoms with Gasteiger partial charge in [0.05, 0.1) is 11.3 Å². The van der Waals surface area contributed by atoms with E-state index in [-0.39, 0.29) is 58.0 Å². The normalized spacial score (nSPS) is 12.9. The molecule has 5 amide bonds. The van der Waals surface area contributed by atoms with Gasteiger partial charge in [0.25, 0.3) is 17.7 Å². The van der Waals surface area contributed by atoms with Crippen LogP contribution in [-0.4, -0.2) is 55.3 Å². The highest BCUT2D eigenvalue weighted by molar-refractivity contribution is 6.20. The number of para-hydroxylation sites is 1. The number of nitrogens with zero attached hydrogens (tertiary/aromatic N) is 5. The van der Waals surface area contributed by atoms with Crippen molar-refractivity contribution in [3.05, 3.63) is 137 Å². The van der Waals surface area contributed by atoms with Gasteiger partial charge in [0.2, 0.25) is 29.7 Å². The second-order valence-corrected chi connectivity index (χ2v) is 11.2. The number of aliphatic imine (C=N–C) groups is 1. The summed E-state index contributed by atoms with van der Waals surface area (Å²) in [5, 5.41) is 11.5. The fraction of sp³-hybridized carbons (Fsp3) is 0.0541. The van der Waals surface area contributed by atoms with E-state index in [1.807, 2.05) is 36.4 Å². The van der Waals surface area contributed by atoms with E-state index in [1.54, 1.807) is 60.7 Å². The Hall–Kier alpha value is -7.55. The zero-order valence-corrected chi connectivity index (χ0v) is 27.7. The summed E-state index contributed by atoms with van der Waals surface area (Å²) in [5.74, 6) is -3.14. The maximum absolute atomic E-state index is 13.8. The molecule has 1 aliphatic heterocycles. The smallest absolute Gasteiger partial charge is 0.297 e. The number of carbonyl (C=O) groups is 5. The van der Waals surface area contributed by atoms with Crippen molar-refractivity contribution in [1.29, 1.82) is 0 Å². The predicted molar refractivity (Wildman–Crippen MR) is 195 cm³/mol. The summed E-state index contributed by atoms with van der Waals surface area (Å²) in [7, 11) is 0. The van der Waals surface area contributed by atoms with Crippen LogP contribution in [0.1, 0.15) is 45.7 Å². The molecule has 52 heavy (non-hydrogen) atoms. The van der Waals surface area contributed by atoms with E-state index >= 15 is 0 Å². The number of amidine groups is 1. The number of carbonyl (C=O) groups excluding carboxylic acids is 5. The number of anilines is 5. The van der Waals surface area contributed by atoms with Gasteiger partial charge in [-0.1, -0.05) is 78.9 Å². The maximum atomic E-state index is 13.8. The predicted octanol–water partition coefficient (Wildman–Crippen LogP) is 4.95. The molecule has 6 rings (SSSR count). The molecule has 5 aromatic rings. The van der Waals surface area contributed by atoms with Crippen molar-refractivity contribution in [3.8, 4) is 0 Å². The number of nitrogens with one attached hydrogen (secondary N) is 5. The number of amides is 5. The minimum Gasteiger partial charge on any atom is -0.326 e. The van der Waals surface area contributed by atoms with Crippen molar-refractivity contribution in [2.45, 2.75) is 13.8 Å². The molecule has 2 heterocycles. The largest absolute Gasteiger partial charge is 0.326 e. The Balaban J connectivity index is 1.36. The Labute approximate surface area is 296 Å². The summed E-state index contributed by atoms with van der Waals surface area (Å²) in [5.41, 5.74) is 5.27.